The Morgan fingerprint density at radius 3 is 1.00 bits per heavy atom. The Labute approximate surface area is 148 Å². The van der Waals surface area contributed by atoms with Gasteiger partial charge in [-0.3, -0.25) is 0 Å². The van der Waals surface area contributed by atoms with Crippen LogP contribution in [-0.2, 0) is 0 Å². The van der Waals surface area contributed by atoms with E-state index in [0.29, 0.717) is 5.92 Å². The molecule has 23 heavy (non-hydrogen) atoms. The zero-order chi connectivity index (χ0) is 18.5. The molecule has 0 aliphatic heterocycles. The SMILES string of the molecule is CC.CC.CC1CCC(C(C)(C)O)CC1.CC1CCC(C)CC1. The summed E-state index contributed by atoms with van der Waals surface area (Å²) in [5.41, 5.74) is -0.444. The van der Waals surface area contributed by atoms with Gasteiger partial charge in [-0.25, -0.2) is 0 Å². The summed E-state index contributed by atoms with van der Waals surface area (Å²) in [7, 11) is 0. The van der Waals surface area contributed by atoms with Crippen LogP contribution in [0.5, 0.6) is 0 Å². The maximum atomic E-state index is 9.73. The van der Waals surface area contributed by atoms with Crippen LogP contribution in [0.15, 0.2) is 0 Å². The first kappa shape index (κ1) is 25.2. The van der Waals surface area contributed by atoms with E-state index in [0.717, 1.165) is 17.8 Å². The summed E-state index contributed by atoms with van der Waals surface area (Å²) < 4.78 is 0. The predicted octanol–water partition coefficient (Wildman–Crippen LogP) is 7.47. The average Bonchev–Trinajstić information content (AvgIpc) is 2.54. The van der Waals surface area contributed by atoms with Gasteiger partial charge in [-0.05, 0) is 50.4 Å². The van der Waals surface area contributed by atoms with Crippen LogP contribution in [0, 0.1) is 23.7 Å². The van der Waals surface area contributed by atoms with Gasteiger partial charge in [-0.2, -0.15) is 0 Å². The van der Waals surface area contributed by atoms with Crippen molar-refractivity contribution in [2.75, 3.05) is 0 Å². The summed E-state index contributed by atoms with van der Waals surface area (Å²) in [5.74, 6) is 3.46. The Bertz CT molecular complexity index is 215. The van der Waals surface area contributed by atoms with Crippen molar-refractivity contribution in [3.05, 3.63) is 0 Å². The summed E-state index contributed by atoms with van der Waals surface area (Å²) in [6.45, 7) is 18.9. The van der Waals surface area contributed by atoms with Crippen LogP contribution in [0.2, 0.25) is 0 Å². The second kappa shape index (κ2) is 14.3. The van der Waals surface area contributed by atoms with Crippen LogP contribution in [0.4, 0.5) is 0 Å². The van der Waals surface area contributed by atoms with Gasteiger partial charge in [0.15, 0.2) is 0 Å². The van der Waals surface area contributed by atoms with E-state index in [1.165, 1.54) is 51.4 Å². The highest BCUT2D eigenvalue weighted by atomic mass is 16.3. The van der Waals surface area contributed by atoms with E-state index < -0.39 is 5.60 Å². The van der Waals surface area contributed by atoms with Gasteiger partial charge in [0.25, 0.3) is 0 Å². The van der Waals surface area contributed by atoms with E-state index in [1.807, 2.05) is 41.5 Å². The summed E-state index contributed by atoms with van der Waals surface area (Å²) in [4.78, 5) is 0. The maximum Gasteiger partial charge on any atom is 0.0619 e. The normalized spacial score (nSPS) is 30.5. The van der Waals surface area contributed by atoms with Crippen molar-refractivity contribution in [1.29, 1.82) is 0 Å². The average molecular weight is 329 g/mol. The van der Waals surface area contributed by atoms with Crippen molar-refractivity contribution in [3.8, 4) is 0 Å². The van der Waals surface area contributed by atoms with Gasteiger partial charge in [0.2, 0.25) is 0 Å². The van der Waals surface area contributed by atoms with Gasteiger partial charge < -0.3 is 5.11 Å². The number of hydrogen-bond acceptors (Lipinski definition) is 1. The Kier molecular flexibility index (Phi) is 15.7. The van der Waals surface area contributed by atoms with Crippen LogP contribution in [0.25, 0.3) is 0 Å². The first-order valence-electron chi connectivity index (χ1n) is 10.5. The molecule has 0 atom stereocenters. The zero-order valence-corrected chi connectivity index (χ0v) is 17.9. The summed E-state index contributed by atoms with van der Waals surface area (Å²) in [5, 5.41) is 9.73. The third-order valence-corrected chi connectivity index (χ3v) is 5.32. The molecule has 142 valence electrons. The highest BCUT2D eigenvalue weighted by molar-refractivity contribution is 4.81. The molecule has 0 aromatic rings. The van der Waals surface area contributed by atoms with Crippen molar-refractivity contribution in [2.45, 2.75) is 119 Å². The fraction of sp³-hybridized carbons (Fsp3) is 1.00. The number of rotatable bonds is 1. The van der Waals surface area contributed by atoms with Crippen molar-refractivity contribution >= 4 is 0 Å². The molecule has 0 amide bonds. The molecule has 2 aliphatic rings. The standard InChI is InChI=1S/C10H20O.C8H16.2C2H6/c1-8-4-6-9(7-5-8)10(2,3)11;1-7-3-5-8(2)6-4-7;2*1-2/h8-9,11H,4-7H2,1-3H3;7-8H,3-6H2,1-2H3;2*1-2H3. The Morgan fingerprint density at radius 1 is 0.565 bits per heavy atom. The maximum absolute atomic E-state index is 9.73. The minimum atomic E-state index is -0.444. The van der Waals surface area contributed by atoms with Crippen LogP contribution < -0.4 is 0 Å². The monoisotopic (exact) mass is 328 g/mol. The molecule has 0 heterocycles. The molecular weight excluding hydrogens is 280 g/mol. The van der Waals surface area contributed by atoms with Gasteiger partial charge in [0.1, 0.15) is 0 Å². The smallest absolute Gasteiger partial charge is 0.0619 e. The van der Waals surface area contributed by atoms with Crippen LogP contribution in [0.3, 0.4) is 0 Å². The van der Waals surface area contributed by atoms with Gasteiger partial charge in [-0.15, -0.1) is 0 Å². The lowest BCUT2D eigenvalue weighted by Crippen LogP contribution is -2.33. The van der Waals surface area contributed by atoms with Gasteiger partial charge >= 0.3 is 0 Å². The van der Waals surface area contributed by atoms with E-state index >= 15 is 0 Å². The van der Waals surface area contributed by atoms with Crippen molar-refractivity contribution in [1.82, 2.24) is 0 Å². The van der Waals surface area contributed by atoms with Crippen molar-refractivity contribution in [2.24, 2.45) is 23.7 Å². The molecule has 0 bridgehead atoms. The van der Waals surface area contributed by atoms with Crippen LogP contribution >= 0.6 is 0 Å². The largest absolute Gasteiger partial charge is 0.390 e. The molecule has 2 fully saturated rings. The molecule has 0 unspecified atom stereocenters. The molecule has 0 aromatic heterocycles. The molecule has 1 heteroatoms. The van der Waals surface area contributed by atoms with E-state index in [9.17, 15) is 5.11 Å². The van der Waals surface area contributed by atoms with Gasteiger partial charge in [0.05, 0.1) is 5.60 Å². The lowest BCUT2D eigenvalue weighted by atomic mass is 9.75. The second-order valence-corrected chi connectivity index (χ2v) is 7.98. The second-order valence-electron chi connectivity index (χ2n) is 7.98. The van der Waals surface area contributed by atoms with E-state index in [1.54, 1.807) is 0 Å². The molecule has 0 radical (unpaired) electrons. The third-order valence-electron chi connectivity index (χ3n) is 5.32. The molecular formula is C22H48O. The van der Waals surface area contributed by atoms with E-state index in [4.69, 9.17) is 0 Å². The van der Waals surface area contributed by atoms with Crippen molar-refractivity contribution in [3.63, 3.8) is 0 Å². The first-order valence-corrected chi connectivity index (χ1v) is 10.5. The predicted molar refractivity (Wildman–Crippen MR) is 107 cm³/mol. The van der Waals surface area contributed by atoms with Crippen LogP contribution in [-0.4, -0.2) is 10.7 Å². The highest BCUT2D eigenvalue weighted by Crippen LogP contribution is 2.34. The van der Waals surface area contributed by atoms with Crippen molar-refractivity contribution < 1.29 is 5.11 Å². The minimum Gasteiger partial charge on any atom is -0.390 e. The summed E-state index contributed by atoms with van der Waals surface area (Å²) in [6, 6.07) is 0. The zero-order valence-electron chi connectivity index (χ0n) is 17.9. The topological polar surface area (TPSA) is 20.2 Å². The highest BCUT2D eigenvalue weighted by Gasteiger charge is 2.29. The molecule has 2 rings (SSSR count). The lowest BCUT2D eigenvalue weighted by Gasteiger charge is -2.34. The Balaban J connectivity index is 0. The molecule has 2 aliphatic carbocycles. The van der Waals surface area contributed by atoms with E-state index in [-0.39, 0.29) is 0 Å². The molecule has 0 aromatic carbocycles. The number of hydrogen-bond donors (Lipinski definition) is 1. The fourth-order valence-electron chi connectivity index (χ4n) is 3.39. The lowest BCUT2D eigenvalue weighted by molar-refractivity contribution is -0.00466. The molecule has 2 saturated carbocycles. The fourth-order valence-corrected chi connectivity index (χ4v) is 3.39. The quantitative estimate of drug-likeness (QED) is 0.529. The van der Waals surface area contributed by atoms with Gasteiger partial charge in [0, 0.05) is 0 Å². The van der Waals surface area contributed by atoms with Crippen LogP contribution in [0.1, 0.15) is 114 Å². The summed E-state index contributed by atoms with van der Waals surface area (Å²) in [6.07, 6.45) is 10.9. The Morgan fingerprint density at radius 2 is 0.783 bits per heavy atom. The van der Waals surface area contributed by atoms with Gasteiger partial charge in [-0.1, -0.05) is 87.0 Å². The summed E-state index contributed by atoms with van der Waals surface area (Å²) >= 11 is 0. The first-order chi connectivity index (χ1) is 10.8. The third kappa shape index (κ3) is 13.0. The molecule has 0 saturated heterocycles. The molecule has 1 nitrogen and oxygen atoms in total. The minimum absolute atomic E-state index is 0.444. The van der Waals surface area contributed by atoms with E-state index in [2.05, 4.69) is 20.8 Å². The number of aliphatic hydroxyl groups is 1. The Hall–Kier alpha value is -0.0400. The molecule has 1 N–H and O–H groups in total. The molecule has 0 spiro atoms.